The normalized spacial score (nSPS) is 21.7. The maximum Gasteiger partial charge on any atom is 0.742 e. The highest BCUT2D eigenvalue weighted by atomic mass is 28.4. The van der Waals surface area contributed by atoms with E-state index in [1.54, 1.807) is 18.2 Å². The van der Waals surface area contributed by atoms with Crippen molar-refractivity contribution in [1.82, 2.24) is 0 Å². The fraction of sp³-hybridized carbons (Fsp3) is 0.550. The van der Waals surface area contributed by atoms with Crippen molar-refractivity contribution in [3.05, 3.63) is 23.8 Å². The number of rotatable bonds is 10. The fourth-order valence-corrected chi connectivity index (χ4v) is 7.75. The molecule has 12 heteroatoms. The summed E-state index contributed by atoms with van der Waals surface area (Å²) in [6, 6.07) is 5.66. The van der Waals surface area contributed by atoms with E-state index < -0.39 is 35.3 Å². The highest BCUT2D eigenvalue weighted by molar-refractivity contribution is 6.79. The van der Waals surface area contributed by atoms with E-state index in [-0.39, 0.29) is 17.9 Å². The van der Waals surface area contributed by atoms with Crippen molar-refractivity contribution < 1.29 is 46.0 Å². The van der Waals surface area contributed by atoms with Gasteiger partial charge in [-0.25, -0.2) is 0 Å². The first kappa shape index (κ1) is 24.4. The number of carbonyl (C=O) groups excluding carboxylic acids is 3. The molecule has 0 radical (unpaired) electrons. The Kier molecular flexibility index (Phi) is 7.72. The summed E-state index contributed by atoms with van der Waals surface area (Å²) in [4.78, 5) is 35.2. The summed E-state index contributed by atoms with van der Waals surface area (Å²) < 4.78 is 38.8. The van der Waals surface area contributed by atoms with E-state index >= 15 is 0 Å². The molecule has 176 valence electrons. The minimum Gasteiger partial charge on any atom is -0.520 e. The van der Waals surface area contributed by atoms with Gasteiger partial charge >= 0.3 is 17.4 Å². The molecule has 1 fully saturated rings. The average Bonchev–Trinajstić information content (AvgIpc) is 3.50. The molecule has 0 aliphatic carbocycles. The molecule has 0 saturated carbocycles. The van der Waals surface area contributed by atoms with Gasteiger partial charge in [0.15, 0.2) is 0 Å². The zero-order valence-electron chi connectivity index (χ0n) is 18.6. The predicted molar refractivity (Wildman–Crippen MR) is 114 cm³/mol. The Labute approximate surface area is 188 Å². The van der Waals surface area contributed by atoms with Gasteiger partial charge in [-0.3, -0.25) is 14.4 Å². The van der Waals surface area contributed by atoms with Gasteiger partial charge in [-0.1, -0.05) is 0 Å². The molecule has 10 nitrogen and oxygen atoms in total. The number of ether oxygens (including phenoxy) is 2. The Bertz CT molecular complexity index is 831. The standard InChI is InChI=1S/C20H28O10Si2/c1-14(21)27-32(28-15(2)22,29-16(3)23)19-6-7-20-17(10-19)11-26-31(4,30-20)9-5-8-24-12-18-13-25-18/h6-7,10,18H,5,8-9,11-13H2,1-4H3. The van der Waals surface area contributed by atoms with Crippen molar-refractivity contribution in [2.24, 2.45) is 0 Å². The van der Waals surface area contributed by atoms with Crippen LogP contribution in [-0.2, 0) is 48.2 Å². The number of epoxide rings is 1. The Morgan fingerprint density at radius 1 is 1.09 bits per heavy atom. The smallest absolute Gasteiger partial charge is 0.520 e. The van der Waals surface area contributed by atoms with Gasteiger partial charge in [0, 0.05) is 39.0 Å². The zero-order chi connectivity index (χ0) is 23.4. The van der Waals surface area contributed by atoms with Crippen LogP contribution in [0.3, 0.4) is 0 Å². The van der Waals surface area contributed by atoms with Crippen LogP contribution < -0.4 is 9.61 Å². The van der Waals surface area contributed by atoms with Crippen LogP contribution >= 0.6 is 0 Å². The molecule has 1 saturated heterocycles. The molecule has 2 unspecified atom stereocenters. The molecule has 2 heterocycles. The highest BCUT2D eigenvalue weighted by Gasteiger charge is 2.55. The van der Waals surface area contributed by atoms with Gasteiger partial charge in [0.05, 0.1) is 25.0 Å². The van der Waals surface area contributed by atoms with E-state index in [4.69, 9.17) is 31.6 Å². The van der Waals surface area contributed by atoms with Crippen LogP contribution in [0.5, 0.6) is 5.75 Å². The lowest BCUT2D eigenvalue weighted by Crippen LogP contribution is -2.59. The highest BCUT2D eigenvalue weighted by Crippen LogP contribution is 2.32. The molecule has 0 bridgehead atoms. The minimum absolute atomic E-state index is 0.243. The molecule has 2 aliphatic rings. The number of fused-ring (bicyclic) bond motifs is 1. The first-order valence-corrected chi connectivity index (χ1v) is 14.6. The van der Waals surface area contributed by atoms with E-state index in [0.717, 1.165) is 39.8 Å². The molecule has 1 aromatic carbocycles. The summed E-state index contributed by atoms with van der Waals surface area (Å²) in [5.74, 6) is -1.57. The van der Waals surface area contributed by atoms with Crippen molar-refractivity contribution in [2.75, 3.05) is 19.8 Å². The van der Waals surface area contributed by atoms with Crippen molar-refractivity contribution in [2.45, 2.75) is 52.5 Å². The van der Waals surface area contributed by atoms with Crippen molar-refractivity contribution in [3.8, 4) is 5.75 Å². The van der Waals surface area contributed by atoms with Crippen molar-refractivity contribution in [3.63, 3.8) is 0 Å². The second-order valence-corrected chi connectivity index (χ2v) is 13.4. The predicted octanol–water partition coefficient (Wildman–Crippen LogP) is 1.31. The Balaban J connectivity index is 1.73. The number of benzene rings is 1. The lowest BCUT2D eigenvalue weighted by molar-refractivity contribution is -0.146. The Hall–Kier alpha value is -2.26. The molecule has 0 aromatic heterocycles. The van der Waals surface area contributed by atoms with E-state index in [1.165, 1.54) is 0 Å². The topological polar surface area (TPSA) is 119 Å². The largest absolute Gasteiger partial charge is 0.742 e. The van der Waals surface area contributed by atoms with Crippen molar-refractivity contribution in [1.29, 1.82) is 0 Å². The molecule has 32 heavy (non-hydrogen) atoms. The van der Waals surface area contributed by atoms with Crippen LogP contribution in [0.1, 0.15) is 32.8 Å². The van der Waals surface area contributed by atoms with Crippen LogP contribution in [-0.4, -0.2) is 61.2 Å². The lowest BCUT2D eigenvalue weighted by atomic mass is 10.2. The summed E-state index contributed by atoms with van der Waals surface area (Å²) >= 11 is 0. The molecule has 0 amide bonds. The number of carbonyl (C=O) groups is 3. The second kappa shape index (κ2) is 10.1. The maximum atomic E-state index is 11.7. The molecular formula is C20H28O10Si2. The summed E-state index contributed by atoms with van der Waals surface area (Å²) in [6.07, 6.45) is 1.05. The first-order valence-electron chi connectivity index (χ1n) is 10.4. The summed E-state index contributed by atoms with van der Waals surface area (Å²) in [6.45, 7) is 7.71. The monoisotopic (exact) mass is 484 g/mol. The maximum absolute atomic E-state index is 11.7. The third-order valence-corrected chi connectivity index (χ3v) is 10.1. The zero-order valence-corrected chi connectivity index (χ0v) is 20.6. The molecule has 0 spiro atoms. The van der Waals surface area contributed by atoms with Gasteiger partial charge < -0.3 is 31.6 Å². The van der Waals surface area contributed by atoms with E-state index in [1.807, 2.05) is 6.55 Å². The first-order chi connectivity index (χ1) is 15.1. The van der Waals surface area contributed by atoms with E-state index in [0.29, 0.717) is 24.5 Å². The number of hydrogen-bond donors (Lipinski definition) is 0. The van der Waals surface area contributed by atoms with Gasteiger partial charge in [-0.2, -0.15) is 0 Å². The Morgan fingerprint density at radius 3 is 2.28 bits per heavy atom. The quantitative estimate of drug-likeness (QED) is 0.273. The molecular weight excluding hydrogens is 456 g/mol. The van der Waals surface area contributed by atoms with Crippen LogP contribution in [0, 0.1) is 0 Å². The fourth-order valence-electron chi connectivity index (χ4n) is 3.28. The average molecular weight is 485 g/mol. The molecule has 3 rings (SSSR count). The summed E-state index contributed by atoms with van der Waals surface area (Å²) in [7, 11) is -6.61. The van der Waals surface area contributed by atoms with Crippen LogP contribution in [0.2, 0.25) is 12.6 Å². The summed E-state index contributed by atoms with van der Waals surface area (Å²) in [5, 5.41) is 0.282. The van der Waals surface area contributed by atoms with Gasteiger partial charge in [0.1, 0.15) is 11.9 Å². The van der Waals surface area contributed by atoms with Gasteiger partial charge in [0.2, 0.25) is 0 Å². The van der Waals surface area contributed by atoms with Gasteiger partial charge in [-0.15, -0.1) is 0 Å². The van der Waals surface area contributed by atoms with Crippen LogP contribution in [0.4, 0.5) is 0 Å². The second-order valence-electron chi connectivity index (χ2n) is 7.82. The third kappa shape index (κ3) is 6.62. The minimum atomic E-state index is -4.17. The summed E-state index contributed by atoms with van der Waals surface area (Å²) in [5.41, 5.74) is 0.679. The molecule has 0 N–H and O–H groups in total. The molecule has 1 aromatic rings. The SMILES string of the molecule is CC(=O)O[Si](OC(C)=O)(OC(C)=O)c1ccc2c(c1)CO[Si](C)(CCCOCC1CO1)O2. The lowest BCUT2D eigenvalue weighted by Gasteiger charge is -2.34. The third-order valence-electron chi connectivity index (χ3n) is 4.73. The number of hydrogen-bond acceptors (Lipinski definition) is 10. The van der Waals surface area contributed by atoms with Gasteiger partial charge in [0.25, 0.3) is 17.9 Å². The van der Waals surface area contributed by atoms with Crippen molar-refractivity contribution >= 4 is 40.5 Å². The molecule has 2 atom stereocenters. The van der Waals surface area contributed by atoms with Gasteiger partial charge in [-0.05, 0) is 31.2 Å². The Morgan fingerprint density at radius 2 is 1.72 bits per heavy atom. The van der Waals surface area contributed by atoms with Crippen LogP contribution in [0.15, 0.2) is 18.2 Å². The van der Waals surface area contributed by atoms with Crippen LogP contribution in [0.25, 0.3) is 0 Å². The molecule has 2 aliphatic heterocycles. The van der Waals surface area contributed by atoms with E-state index in [9.17, 15) is 14.4 Å². The van der Waals surface area contributed by atoms with E-state index in [2.05, 4.69) is 0 Å².